The van der Waals surface area contributed by atoms with Crippen LogP contribution in [-0.2, 0) is 29.7 Å². The molecule has 89 heavy (non-hydrogen) atoms. The summed E-state index contributed by atoms with van der Waals surface area (Å²) >= 11 is 6.07. The summed E-state index contributed by atoms with van der Waals surface area (Å²) in [6.07, 6.45) is -3.55. The van der Waals surface area contributed by atoms with E-state index >= 15 is 0 Å². The summed E-state index contributed by atoms with van der Waals surface area (Å²) in [5.74, 6) is 0.0638. The number of alkyl halides is 6. The van der Waals surface area contributed by atoms with Gasteiger partial charge in [-0.3, -0.25) is 14.4 Å². The van der Waals surface area contributed by atoms with Crippen molar-refractivity contribution in [3.05, 3.63) is 126 Å². The van der Waals surface area contributed by atoms with Crippen molar-refractivity contribution in [2.24, 2.45) is 22.7 Å². The minimum atomic E-state index is -4.34. The quantitative estimate of drug-likeness (QED) is 0.0314. The largest absolute Gasteiger partial charge is 1.00 e. The van der Waals surface area contributed by atoms with E-state index in [1.807, 2.05) is 23.5 Å². The third-order valence-corrected chi connectivity index (χ3v) is 17.4. The number of sulfonamides is 2. The van der Waals surface area contributed by atoms with Gasteiger partial charge in [-0.1, -0.05) is 61.8 Å². The first-order valence-corrected chi connectivity index (χ1v) is 29.8. The van der Waals surface area contributed by atoms with E-state index in [1.54, 1.807) is 24.3 Å². The molecule has 4 aromatic heterocycles. The van der Waals surface area contributed by atoms with Gasteiger partial charge in [-0.2, -0.15) is 53.3 Å². The Labute approximate surface area is 617 Å². The fourth-order valence-electron chi connectivity index (χ4n) is 9.54. The number of ether oxygens (including phenoxy) is 2. The van der Waals surface area contributed by atoms with Crippen LogP contribution in [0.2, 0.25) is 5.15 Å². The second-order valence-electron chi connectivity index (χ2n) is 22.4. The normalized spacial score (nSPS) is 18.0. The van der Waals surface area contributed by atoms with Gasteiger partial charge in [-0.05, 0) is 133 Å². The van der Waals surface area contributed by atoms with Gasteiger partial charge in [-0.15, -0.1) is 10.2 Å². The smallest absolute Gasteiger partial charge is 1.00 e. The van der Waals surface area contributed by atoms with Crippen LogP contribution < -0.4 is 137 Å². The van der Waals surface area contributed by atoms with Crippen LogP contribution in [0.1, 0.15) is 102 Å². The second-order valence-corrected chi connectivity index (χ2v) is 26.1. The molecule has 2 amide bonds. The maximum absolute atomic E-state index is 13.3. The maximum atomic E-state index is 13.3. The molecule has 34 heteroatoms. The molecule has 0 spiro atoms. The minimum absolute atomic E-state index is 0. The van der Waals surface area contributed by atoms with Gasteiger partial charge in [0, 0.05) is 42.1 Å². The van der Waals surface area contributed by atoms with Gasteiger partial charge in [0.25, 0.3) is 38.3 Å². The predicted octanol–water partition coefficient (Wildman–Crippen LogP) is 2.67. The summed E-state index contributed by atoms with van der Waals surface area (Å²) < 4.78 is 146. The molecular weight excluding hydrogens is 1330 g/mol. The molecule has 2 saturated heterocycles. The number of rotatable bonds is 16. The predicted molar refractivity (Wildman–Crippen MR) is 316 cm³/mol. The topological polar surface area (TPSA) is 271 Å². The van der Waals surface area contributed by atoms with E-state index in [0.717, 1.165) is 12.3 Å². The molecule has 2 saturated carbocycles. The fraction of sp³-hybridized carbons (Fsp3) is 0.436. The van der Waals surface area contributed by atoms with Crippen molar-refractivity contribution in [2.75, 3.05) is 31.2 Å². The van der Waals surface area contributed by atoms with Crippen LogP contribution in [0.4, 0.5) is 32.2 Å². The molecule has 2 aromatic carbocycles. The number of aromatic nitrogens is 6. The van der Waals surface area contributed by atoms with E-state index in [9.17, 15) is 52.8 Å². The summed E-state index contributed by atoms with van der Waals surface area (Å²) in [6, 6.07) is 23.3. The minimum Gasteiger partial charge on any atom is -1.00 e. The maximum Gasteiger partial charge on any atom is 1.00 e. The third-order valence-electron chi connectivity index (χ3n) is 14.4. The van der Waals surface area contributed by atoms with Gasteiger partial charge in [-0.25, -0.2) is 45.6 Å². The molecule has 0 radical (unpaired) electrons. The zero-order valence-electron chi connectivity index (χ0n) is 50.8. The number of benzene rings is 2. The Bertz CT molecular complexity index is 3580. The number of nitrogens with one attached hydrogen (secondary N) is 3. The van der Waals surface area contributed by atoms with E-state index in [-0.39, 0.29) is 224 Å². The number of carbonyl (C=O) groups excluding carboxylic acids is 3. The van der Waals surface area contributed by atoms with Gasteiger partial charge >= 0.3 is 115 Å². The number of anilines is 1. The molecule has 10 rings (SSSR count). The molecule has 4 aliphatic rings. The zero-order chi connectivity index (χ0) is 62.4. The molecule has 478 valence electrons. The number of carbonyl (C=O) groups is 3. The van der Waals surface area contributed by atoms with E-state index in [0.29, 0.717) is 17.9 Å². The molecule has 6 aromatic rings. The summed E-state index contributed by atoms with van der Waals surface area (Å²) in [7, 11) is -8.24. The number of hydrogen-bond acceptors (Lipinski definition) is 17. The van der Waals surface area contributed by atoms with Crippen molar-refractivity contribution >= 4 is 82.7 Å². The Morgan fingerprint density at radius 3 is 1.44 bits per heavy atom. The second kappa shape index (κ2) is 32.7. The monoisotopic (exact) mass is 1400 g/mol. The summed E-state index contributed by atoms with van der Waals surface area (Å²) in [5, 5.41) is 19.8. The number of pyridine rings is 2. The Hall–Kier alpha value is -3.37. The first-order valence-electron chi connectivity index (χ1n) is 26.4. The van der Waals surface area contributed by atoms with Crippen LogP contribution in [0.15, 0.2) is 119 Å². The van der Waals surface area contributed by atoms with Crippen LogP contribution in [0.5, 0.6) is 11.8 Å². The van der Waals surface area contributed by atoms with Crippen molar-refractivity contribution in [1.29, 1.82) is 0 Å². The molecule has 3 N–H and O–H groups in total. The molecule has 2 aliphatic carbocycles. The molecule has 4 fully saturated rings. The van der Waals surface area contributed by atoms with Crippen LogP contribution in [0.3, 0.4) is 0 Å². The van der Waals surface area contributed by atoms with Gasteiger partial charge in [0.2, 0.25) is 11.8 Å². The Morgan fingerprint density at radius 1 is 0.685 bits per heavy atom. The SMILES string of the molecule is C[C@@H]1CN(c2nc(-n3ccc(OCC4(C(F)(F)F)CC4)n3)ccc2C(=O)NS(=O)(=O)c2ccccc2)C(C)(C)C1.C[C@@H]1CNC(C)(C)C1.O=C(NS(=O)(=O)c1ccccc1)c1ccc(-n2ccc(OCC3(C(F)(F)F)CC3)n2)nc1Cl.O=CO[O-].S.S.[H-].[K+].[K+]. The van der Waals surface area contributed by atoms with Crippen molar-refractivity contribution in [3.8, 4) is 23.4 Å². The van der Waals surface area contributed by atoms with Crippen molar-refractivity contribution in [2.45, 2.75) is 113 Å². The standard InChI is InChI=1S/C27H30F3N5O4S.C20H16ClF3N4O4S.C7H15N.CH2O3.2K.2H2S.H/c1-18-15-25(2,3)34(16-18)23-20(24(36)33-40(37,38)19-7-5-4-6-8-19)9-10-21(31-23)35-14-11-22(32-35)39-17-26(12-13-26)27(28,29)30;21-17-14(18(29)27-33(30,31)13-4-2-1-3-5-13)6-7-15(25-17)28-11-8-16(26-28)32-12-19(9-10-19)20(22,23)24;1-6-4-7(2,3)8-5-6;2-1-4-3;;;;;/h4-11,14,18H,12-13,15-17H2,1-3H3,(H,33,36);1-8,11H,9-10,12H2,(H,27,29);6,8H,4-5H2,1-3H3;1,3H;;;2*1H2;/q;;;;2*+1;;;-1/p-1/t18-;;6-;;;;;;/m0.0....../s1. The number of hydrogen-bond donors (Lipinski definition) is 3. The van der Waals surface area contributed by atoms with Crippen molar-refractivity contribution in [3.63, 3.8) is 0 Å². The summed E-state index contributed by atoms with van der Waals surface area (Å²) in [5.41, 5.74) is -3.74. The Morgan fingerprint density at radius 2 is 1.10 bits per heavy atom. The van der Waals surface area contributed by atoms with Gasteiger partial charge < -0.3 is 31.3 Å². The van der Waals surface area contributed by atoms with E-state index in [2.05, 4.69) is 62.8 Å². The van der Waals surface area contributed by atoms with E-state index < -0.39 is 68.3 Å². The molecule has 2 atom stereocenters. The molecular formula is C55H67ClF6K2N10O11S4. The number of amides is 2. The van der Waals surface area contributed by atoms with Gasteiger partial charge in [0.05, 0.1) is 20.9 Å². The van der Waals surface area contributed by atoms with Gasteiger partial charge in [0.15, 0.2) is 11.6 Å². The van der Waals surface area contributed by atoms with Crippen molar-refractivity contribution in [1.82, 2.24) is 44.3 Å². The van der Waals surface area contributed by atoms with Crippen LogP contribution in [-0.4, -0.2) is 114 Å². The zero-order valence-corrected chi connectivity index (χ0v) is 60.4. The third kappa shape index (κ3) is 21.1. The summed E-state index contributed by atoms with van der Waals surface area (Å²) in [4.78, 5) is 47.5. The van der Waals surface area contributed by atoms with Crippen molar-refractivity contribution < 1.29 is 181 Å². The molecule has 6 heterocycles. The average molecular weight is 1400 g/mol. The Kier molecular flexibility index (Phi) is 29.3. The fourth-order valence-corrected chi connectivity index (χ4v) is 11.7. The molecule has 21 nitrogen and oxygen atoms in total. The average Bonchev–Trinajstić information content (AvgIpc) is 2.09. The number of nitrogens with zero attached hydrogens (tertiary/aromatic N) is 7. The molecule has 2 aliphatic heterocycles. The summed E-state index contributed by atoms with van der Waals surface area (Å²) in [6.45, 7) is 13.5. The van der Waals surface area contributed by atoms with Crippen LogP contribution >= 0.6 is 38.6 Å². The van der Waals surface area contributed by atoms with E-state index in [1.165, 1.54) is 108 Å². The molecule has 0 unspecified atom stereocenters. The number of halogens is 7. The first kappa shape index (κ1) is 79.9. The first-order chi connectivity index (χ1) is 39.7. The van der Waals surface area contributed by atoms with Crippen LogP contribution in [0, 0.1) is 22.7 Å². The van der Waals surface area contributed by atoms with Gasteiger partial charge in [0.1, 0.15) is 35.0 Å². The van der Waals surface area contributed by atoms with Crippen LogP contribution in [0.25, 0.3) is 11.6 Å². The van der Waals surface area contributed by atoms with E-state index in [4.69, 9.17) is 31.1 Å². The Balaban J connectivity index is 0.000000499. The molecule has 0 bridgehead atoms.